The molecule has 1 aliphatic heterocycles. The van der Waals surface area contributed by atoms with Gasteiger partial charge in [-0.1, -0.05) is 23.2 Å². The second-order valence-electron chi connectivity index (χ2n) is 5.94. The first kappa shape index (κ1) is 18.2. The molecule has 1 saturated heterocycles. The van der Waals surface area contributed by atoms with Crippen LogP contribution in [-0.4, -0.2) is 40.9 Å². The number of hydrogen-bond donors (Lipinski definition) is 1. The summed E-state index contributed by atoms with van der Waals surface area (Å²) in [5.74, 6) is 0.738. The lowest BCUT2D eigenvalue weighted by Gasteiger charge is -2.10. The molecule has 0 radical (unpaired) electrons. The number of aromatic nitrogens is 3. The van der Waals surface area contributed by atoms with Crippen molar-refractivity contribution in [2.24, 2.45) is 5.10 Å². The third-order valence-corrected chi connectivity index (χ3v) is 6.35. The Bertz CT molecular complexity index is 940. The van der Waals surface area contributed by atoms with E-state index in [2.05, 4.69) is 20.6 Å². The summed E-state index contributed by atoms with van der Waals surface area (Å²) in [5, 5.41) is 9.45. The highest BCUT2D eigenvalue weighted by Crippen LogP contribution is 2.26. The van der Waals surface area contributed by atoms with E-state index >= 15 is 0 Å². The van der Waals surface area contributed by atoms with E-state index in [4.69, 9.17) is 23.2 Å². The van der Waals surface area contributed by atoms with Gasteiger partial charge in [0, 0.05) is 17.5 Å². The second-order valence-corrected chi connectivity index (χ2v) is 9.01. The molecule has 3 heterocycles. The molecule has 0 bridgehead atoms. The standard InChI is InChI=1S/C15H17Cl2N5O2S/c1-9-13(7-19-20-15-14(17)5-11(16)6-18-15)10(2)22(21-9)12-3-4-25(23,24)8-12/h5-7,12H,3-4,8H2,1-2H3,(H,18,20)/b19-7-/t12-/m1/s1. The molecule has 2 aromatic rings. The minimum Gasteiger partial charge on any atom is -0.265 e. The lowest BCUT2D eigenvalue weighted by molar-refractivity contribution is 0.486. The van der Waals surface area contributed by atoms with Crippen molar-refractivity contribution in [3.63, 3.8) is 0 Å². The summed E-state index contributed by atoms with van der Waals surface area (Å²) in [4.78, 5) is 4.06. The highest BCUT2D eigenvalue weighted by atomic mass is 35.5. The summed E-state index contributed by atoms with van der Waals surface area (Å²) >= 11 is 11.8. The van der Waals surface area contributed by atoms with Crippen LogP contribution in [0.2, 0.25) is 10.0 Å². The predicted octanol–water partition coefficient (Wildman–Crippen LogP) is 3.01. The van der Waals surface area contributed by atoms with Crippen LogP contribution in [0, 0.1) is 13.8 Å². The molecule has 134 valence electrons. The molecule has 10 heteroatoms. The molecule has 0 saturated carbocycles. The molecule has 7 nitrogen and oxygen atoms in total. The first-order valence-electron chi connectivity index (χ1n) is 7.63. The van der Waals surface area contributed by atoms with Gasteiger partial charge in [-0.3, -0.25) is 10.1 Å². The van der Waals surface area contributed by atoms with E-state index < -0.39 is 9.84 Å². The van der Waals surface area contributed by atoms with Crippen LogP contribution in [0.3, 0.4) is 0 Å². The SMILES string of the molecule is Cc1nn([C@@H]2CCS(=O)(=O)C2)c(C)c1/C=N\Nc1ncc(Cl)cc1Cl. The van der Waals surface area contributed by atoms with E-state index in [1.54, 1.807) is 17.0 Å². The Morgan fingerprint density at radius 2 is 2.16 bits per heavy atom. The average Bonchev–Trinajstić information content (AvgIpc) is 3.02. The maximum absolute atomic E-state index is 11.7. The summed E-state index contributed by atoms with van der Waals surface area (Å²) in [6.45, 7) is 3.77. The van der Waals surface area contributed by atoms with Crippen LogP contribution in [0.25, 0.3) is 0 Å². The Hall–Kier alpha value is -1.64. The predicted molar refractivity (Wildman–Crippen MR) is 99.5 cm³/mol. The first-order chi connectivity index (χ1) is 11.8. The molecule has 0 unspecified atom stereocenters. The number of anilines is 1. The maximum Gasteiger partial charge on any atom is 0.165 e. The fraction of sp³-hybridized carbons (Fsp3) is 0.400. The fourth-order valence-corrected chi connectivity index (χ4v) is 4.96. The number of hydrazone groups is 1. The van der Waals surface area contributed by atoms with Crippen LogP contribution in [0.15, 0.2) is 17.4 Å². The number of hydrogen-bond acceptors (Lipinski definition) is 6. The van der Waals surface area contributed by atoms with Gasteiger partial charge in [-0.2, -0.15) is 10.2 Å². The highest BCUT2D eigenvalue weighted by molar-refractivity contribution is 7.91. The average molecular weight is 402 g/mol. The zero-order valence-corrected chi connectivity index (χ0v) is 16.0. The van der Waals surface area contributed by atoms with Crippen LogP contribution in [0.1, 0.15) is 29.4 Å². The van der Waals surface area contributed by atoms with Gasteiger partial charge in [-0.15, -0.1) is 0 Å². The number of nitrogens with zero attached hydrogens (tertiary/aromatic N) is 4. The minimum absolute atomic E-state index is 0.119. The normalized spacial score (nSPS) is 19.6. The van der Waals surface area contributed by atoms with E-state index in [0.29, 0.717) is 22.3 Å². The van der Waals surface area contributed by atoms with Crippen LogP contribution in [0.4, 0.5) is 5.82 Å². The molecule has 1 aliphatic rings. The van der Waals surface area contributed by atoms with E-state index in [9.17, 15) is 8.42 Å². The van der Waals surface area contributed by atoms with Gasteiger partial charge in [0.25, 0.3) is 0 Å². The first-order valence-corrected chi connectivity index (χ1v) is 10.2. The van der Waals surface area contributed by atoms with Gasteiger partial charge >= 0.3 is 0 Å². The fourth-order valence-electron chi connectivity index (χ4n) is 2.84. The maximum atomic E-state index is 11.7. The van der Waals surface area contributed by atoms with Crippen molar-refractivity contribution < 1.29 is 8.42 Å². The largest absolute Gasteiger partial charge is 0.265 e. The number of nitrogens with one attached hydrogen (secondary N) is 1. The Morgan fingerprint density at radius 3 is 2.80 bits per heavy atom. The van der Waals surface area contributed by atoms with Crippen molar-refractivity contribution in [3.05, 3.63) is 39.3 Å². The molecule has 0 aliphatic carbocycles. The number of pyridine rings is 1. The van der Waals surface area contributed by atoms with Gasteiger partial charge < -0.3 is 0 Å². The van der Waals surface area contributed by atoms with E-state index in [1.165, 1.54) is 6.20 Å². The monoisotopic (exact) mass is 401 g/mol. The molecule has 0 spiro atoms. The summed E-state index contributed by atoms with van der Waals surface area (Å²) in [6.07, 6.45) is 3.69. The Labute approximate surface area is 156 Å². The highest BCUT2D eigenvalue weighted by Gasteiger charge is 2.31. The summed E-state index contributed by atoms with van der Waals surface area (Å²) in [7, 11) is -2.97. The van der Waals surface area contributed by atoms with Gasteiger partial charge in [-0.05, 0) is 26.3 Å². The van der Waals surface area contributed by atoms with E-state index in [1.807, 2.05) is 13.8 Å². The molecule has 1 atom stereocenters. The summed E-state index contributed by atoms with van der Waals surface area (Å²) in [6, 6.07) is 1.45. The van der Waals surface area contributed by atoms with Crippen molar-refractivity contribution in [1.82, 2.24) is 14.8 Å². The molecule has 1 N–H and O–H groups in total. The zero-order chi connectivity index (χ0) is 18.2. The Morgan fingerprint density at radius 1 is 1.40 bits per heavy atom. The van der Waals surface area contributed by atoms with Crippen molar-refractivity contribution in [3.8, 4) is 0 Å². The summed E-state index contributed by atoms with van der Waals surface area (Å²) in [5.41, 5.74) is 5.26. The Balaban J connectivity index is 1.79. The van der Waals surface area contributed by atoms with Crippen LogP contribution in [0.5, 0.6) is 0 Å². The molecule has 0 amide bonds. The van der Waals surface area contributed by atoms with Gasteiger partial charge in [0.05, 0.1) is 39.5 Å². The number of aryl methyl sites for hydroxylation is 1. The van der Waals surface area contributed by atoms with Gasteiger partial charge in [0.1, 0.15) is 0 Å². The molecule has 1 fully saturated rings. The van der Waals surface area contributed by atoms with Crippen molar-refractivity contribution in [2.45, 2.75) is 26.3 Å². The van der Waals surface area contributed by atoms with Crippen LogP contribution < -0.4 is 5.43 Å². The van der Waals surface area contributed by atoms with Crippen molar-refractivity contribution in [1.29, 1.82) is 0 Å². The third-order valence-electron chi connectivity index (χ3n) is 4.11. The topological polar surface area (TPSA) is 89.2 Å². The molecule has 3 rings (SSSR count). The minimum atomic E-state index is -2.97. The molecule has 2 aromatic heterocycles. The lowest BCUT2D eigenvalue weighted by atomic mass is 10.2. The van der Waals surface area contributed by atoms with Crippen molar-refractivity contribution >= 4 is 45.1 Å². The number of halogens is 2. The molecular formula is C15H17Cl2N5O2S. The second kappa shape index (κ2) is 6.93. The van der Waals surface area contributed by atoms with Gasteiger partial charge in [0.2, 0.25) is 0 Å². The van der Waals surface area contributed by atoms with E-state index in [0.717, 1.165) is 17.0 Å². The molecule has 0 aromatic carbocycles. The van der Waals surface area contributed by atoms with Gasteiger partial charge in [0.15, 0.2) is 15.7 Å². The quantitative estimate of drug-likeness (QED) is 0.627. The van der Waals surface area contributed by atoms with E-state index in [-0.39, 0.29) is 17.5 Å². The van der Waals surface area contributed by atoms with Gasteiger partial charge in [-0.25, -0.2) is 13.4 Å². The molecule has 25 heavy (non-hydrogen) atoms. The van der Waals surface area contributed by atoms with Crippen LogP contribution in [-0.2, 0) is 9.84 Å². The zero-order valence-electron chi connectivity index (χ0n) is 13.7. The number of rotatable bonds is 4. The van der Waals surface area contributed by atoms with Crippen LogP contribution >= 0.6 is 23.2 Å². The number of sulfone groups is 1. The third kappa shape index (κ3) is 3.96. The summed E-state index contributed by atoms with van der Waals surface area (Å²) < 4.78 is 25.2. The van der Waals surface area contributed by atoms with Crippen molar-refractivity contribution in [2.75, 3.05) is 16.9 Å². The lowest BCUT2D eigenvalue weighted by Crippen LogP contribution is -2.14. The Kier molecular flexibility index (Phi) is 5.04. The molecular weight excluding hydrogens is 385 g/mol. The smallest absolute Gasteiger partial charge is 0.165 e.